The lowest BCUT2D eigenvalue weighted by Crippen LogP contribution is -2.40. The van der Waals surface area contributed by atoms with Gasteiger partial charge in [-0.15, -0.1) is 0 Å². The first-order chi connectivity index (χ1) is 16.1. The fourth-order valence-electron chi connectivity index (χ4n) is 4.46. The largest absolute Gasteiger partial charge is 0.489 e. The van der Waals surface area contributed by atoms with Crippen molar-refractivity contribution in [1.82, 2.24) is 14.5 Å². The first kappa shape index (κ1) is 21.3. The molecule has 1 aliphatic heterocycles. The number of halogens is 1. The number of rotatable bonds is 5. The first-order valence-corrected chi connectivity index (χ1v) is 11.4. The molecular weight excluding hydrogens is 438 g/mol. The normalized spacial score (nSPS) is 14.5. The summed E-state index contributed by atoms with van der Waals surface area (Å²) in [5, 5.41) is 0.665. The minimum absolute atomic E-state index is 0.0204. The number of carbonyl (C=O) groups is 1. The van der Waals surface area contributed by atoms with Crippen molar-refractivity contribution < 1.29 is 9.53 Å². The molecule has 0 radical (unpaired) electrons. The maximum absolute atomic E-state index is 13.1. The van der Waals surface area contributed by atoms with Gasteiger partial charge in [-0.25, -0.2) is 4.79 Å². The van der Waals surface area contributed by atoms with E-state index in [2.05, 4.69) is 4.98 Å². The highest BCUT2D eigenvalue weighted by Gasteiger charge is 2.26. The van der Waals surface area contributed by atoms with E-state index in [0.717, 1.165) is 29.4 Å². The number of nitrogens with one attached hydrogen (secondary N) is 1. The minimum Gasteiger partial charge on any atom is -0.489 e. The third kappa shape index (κ3) is 4.52. The topological polar surface area (TPSA) is 67.3 Å². The number of benzene rings is 3. The van der Waals surface area contributed by atoms with Gasteiger partial charge >= 0.3 is 5.69 Å². The molecule has 3 aromatic carbocycles. The first-order valence-electron chi connectivity index (χ1n) is 11.0. The van der Waals surface area contributed by atoms with E-state index >= 15 is 0 Å². The molecule has 0 aliphatic carbocycles. The number of amides is 1. The summed E-state index contributed by atoms with van der Waals surface area (Å²) in [7, 11) is 0. The van der Waals surface area contributed by atoms with Crippen molar-refractivity contribution in [2.45, 2.75) is 25.5 Å². The molecule has 0 unspecified atom stereocenters. The number of hydrogen-bond donors (Lipinski definition) is 1. The van der Waals surface area contributed by atoms with E-state index in [9.17, 15) is 9.59 Å². The summed E-state index contributed by atoms with van der Waals surface area (Å²) >= 11 is 6.03. The van der Waals surface area contributed by atoms with Crippen LogP contribution < -0.4 is 10.4 Å². The van der Waals surface area contributed by atoms with Crippen LogP contribution in [-0.2, 0) is 6.61 Å². The van der Waals surface area contributed by atoms with E-state index in [0.29, 0.717) is 36.0 Å². The van der Waals surface area contributed by atoms with Crippen LogP contribution in [0.25, 0.3) is 11.0 Å². The molecule has 2 heterocycles. The van der Waals surface area contributed by atoms with Crippen LogP contribution in [0.2, 0.25) is 5.02 Å². The number of fused-ring (bicyclic) bond motifs is 1. The van der Waals surface area contributed by atoms with Gasteiger partial charge in [0.1, 0.15) is 12.4 Å². The van der Waals surface area contributed by atoms with Crippen molar-refractivity contribution >= 4 is 28.5 Å². The van der Waals surface area contributed by atoms with E-state index in [1.165, 1.54) is 0 Å². The molecule has 5 rings (SSSR count). The molecule has 6 nitrogen and oxygen atoms in total. The smallest absolute Gasteiger partial charge is 0.326 e. The summed E-state index contributed by atoms with van der Waals surface area (Å²) in [6.07, 6.45) is 1.47. The molecule has 168 valence electrons. The molecule has 0 atom stereocenters. The number of aromatic nitrogens is 2. The number of ether oxygens (including phenoxy) is 1. The second-order valence-corrected chi connectivity index (χ2v) is 8.72. The maximum Gasteiger partial charge on any atom is 0.326 e. The second-order valence-electron chi connectivity index (χ2n) is 8.29. The predicted octanol–water partition coefficient (Wildman–Crippen LogP) is 5.04. The molecule has 0 spiro atoms. The lowest BCUT2D eigenvalue weighted by Gasteiger charge is -2.32. The fourth-order valence-corrected chi connectivity index (χ4v) is 4.67. The van der Waals surface area contributed by atoms with Crippen LogP contribution in [0, 0.1) is 0 Å². The second kappa shape index (κ2) is 9.16. The number of para-hydroxylation sites is 2. The third-order valence-corrected chi connectivity index (χ3v) is 6.35. The zero-order chi connectivity index (χ0) is 22.8. The van der Waals surface area contributed by atoms with Gasteiger partial charge in [0.15, 0.2) is 0 Å². The van der Waals surface area contributed by atoms with E-state index in [1.54, 1.807) is 6.07 Å². The number of H-pyrrole nitrogens is 1. The standard InChI is InChI=1S/C26H24ClN3O3/c27-20-7-3-5-18(15-20)17-33-22-8-4-6-19(16-22)25(31)29-13-11-21(12-14-29)30-24-10-2-1-9-23(24)28-26(30)32/h1-10,15-16,21H,11-14,17H2,(H,28,32). The molecule has 0 saturated carbocycles. The number of hydrogen-bond acceptors (Lipinski definition) is 3. The molecular formula is C26H24ClN3O3. The van der Waals surface area contributed by atoms with Crippen molar-refractivity contribution in [3.63, 3.8) is 0 Å². The van der Waals surface area contributed by atoms with Gasteiger partial charge in [0, 0.05) is 29.7 Å². The molecule has 0 bridgehead atoms. The van der Waals surface area contributed by atoms with Crippen molar-refractivity contribution in [1.29, 1.82) is 0 Å². The number of carbonyl (C=O) groups excluding carboxylic acids is 1. The SMILES string of the molecule is O=C(c1cccc(OCc2cccc(Cl)c2)c1)N1CCC(n2c(=O)[nH]c3ccccc32)CC1. The van der Waals surface area contributed by atoms with Crippen molar-refractivity contribution in [3.8, 4) is 5.75 Å². The van der Waals surface area contributed by atoms with Gasteiger partial charge in [-0.3, -0.25) is 9.36 Å². The van der Waals surface area contributed by atoms with Crippen LogP contribution in [0.4, 0.5) is 0 Å². The fraction of sp³-hybridized carbons (Fsp3) is 0.231. The molecule has 1 fully saturated rings. The maximum atomic E-state index is 13.1. The Balaban J connectivity index is 1.24. The van der Waals surface area contributed by atoms with Crippen molar-refractivity contribution in [2.24, 2.45) is 0 Å². The number of imidazole rings is 1. The number of likely N-dealkylation sites (tertiary alicyclic amines) is 1. The number of piperidine rings is 1. The Hall–Kier alpha value is -3.51. The zero-order valence-electron chi connectivity index (χ0n) is 18.0. The highest BCUT2D eigenvalue weighted by Crippen LogP contribution is 2.26. The number of aromatic amines is 1. The van der Waals surface area contributed by atoms with Gasteiger partial charge < -0.3 is 14.6 Å². The summed E-state index contributed by atoms with van der Waals surface area (Å²) < 4.78 is 7.71. The van der Waals surface area contributed by atoms with Gasteiger partial charge in [0.2, 0.25) is 0 Å². The average Bonchev–Trinajstić information content (AvgIpc) is 3.18. The monoisotopic (exact) mass is 461 g/mol. The Labute approximate surface area is 196 Å². The molecule has 7 heteroatoms. The number of nitrogens with zero attached hydrogens (tertiary/aromatic N) is 2. The quantitative estimate of drug-likeness (QED) is 0.452. The van der Waals surface area contributed by atoms with Crippen LogP contribution in [-0.4, -0.2) is 33.4 Å². The highest BCUT2D eigenvalue weighted by molar-refractivity contribution is 6.30. The van der Waals surface area contributed by atoms with Gasteiger partial charge in [0.25, 0.3) is 5.91 Å². The van der Waals surface area contributed by atoms with Crippen LogP contribution in [0.15, 0.2) is 77.6 Å². The van der Waals surface area contributed by atoms with Gasteiger partial charge in [0.05, 0.1) is 11.0 Å². The predicted molar refractivity (Wildman–Crippen MR) is 129 cm³/mol. The summed E-state index contributed by atoms with van der Waals surface area (Å²) in [4.78, 5) is 30.4. The molecule has 4 aromatic rings. The molecule has 1 N–H and O–H groups in total. The lowest BCUT2D eigenvalue weighted by molar-refractivity contribution is 0.0694. The molecule has 33 heavy (non-hydrogen) atoms. The highest BCUT2D eigenvalue weighted by atomic mass is 35.5. The van der Waals surface area contributed by atoms with Crippen LogP contribution >= 0.6 is 11.6 Å². The minimum atomic E-state index is -0.0921. The van der Waals surface area contributed by atoms with Crippen molar-refractivity contribution in [3.05, 3.63) is 99.4 Å². The van der Waals surface area contributed by atoms with Crippen LogP contribution in [0.1, 0.15) is 34.8 Å². The van der Waals surface area contributed by atoms with Crippen molar-refractivity contribution in [2.75, 3.05) is 13.1 Å². The molecule has 1 amide bonds. The molecule has 1 aliphatic rings. The third-order valence-electron chi connectivity index (χ3n) is 6.12. The Kier molecular flexibility index (Phi) is 5.92. The van der Waals surface area contributed by atoms with Gasteiger partial charge in [-0.1, -0.05) is 41.9 Å². The van der Waals surface area contributed by atoms with Crippen LogP contribution in [0.3, 0.4) is 0 Å². The van der Waals surface area contributed by atoms with E-state index < -0.39 is 0 Å². The molecule has 1 aromatic heterocycles. The Morgan fingerprint density at radius 2 is 1.79 bits per heavy atom. The van der Waals surface area contributed by atoms with Gasteiger partial charge in [-0.2, -0.15) is 0 Å². The summed E-state index contributed by atoms with van der Waals surface area (Å²) in [6, 6.07) is 22.6. The Morgan fingerprint density at radius 1 is 1.00 bits per heavy atom. The summed E-state index contributed by atoms with van der Waals surface area (Å²) in [5.41, 5.74) is 3.23. The summed E-state index contributed by atoms with van der Waals surface area (Å²) in [5.74, 6) is 0.619. The van der Waals surface area contributed by atoms with Gasteiger partial charge in [-0.05, 0) is 60.9 Å². The van der Waals surface area contributed by atoms with E-state index in [4.69, 9.17) is 16.3 Å². The Bertz CT molecular complexity index is 1350. The molecule has 1 saturated heterocycles. The van der Waals surface area contributed by atoms with Crippen LogP contribution in [0.5, 0.6) is 5.75 Å². The van der Waals surface area contributed by atoms with E-state index in [1.807, 2.05) is 76.2 Å². The summed E-state index contributed by atoms with van der Waals surface area (Å²) in [6.45, 7) is 1.58. The zero-order valence-corrected chi connectivity index (χ0v) is 18.8. The van der Waals surface area contributed by atoms with E-state index in [-0.39, 0.29) is 17.6 Å². The average molecular weight is 462 g/mol. The lowest BCUT2D eigenvalue weighted by atomic mass is 10.0. The Morgan fingerprint density at radius 3 is 2.61 bits per heavy atom.